The molecular formula is C14H19N2O2-. The van der Waals surface area contributed by atoms with Crippen molar-refractivity contribution in [3.05, 3.63) is 35.0 Å². The first-order chi connectivity index (χ1) is 8.70. The second-order valence-electron chi connectivity index (χ2n) is 5.01. The summed E-state index contributed by atoms with van der Waals surface area (Å²) < 4.78 is 0. The maximum Gasteiger partial charge on any atom is 0.152 e. The van der Waals surface area contributed by atoms with Crippen molar-refractivity contribution in [2.45, 2.75) is 12.8 Å². The second-order valence-corrected chi connectivity index (χ2v) is 5.01. The molecule has 1 aliphatic heterocycles. The van der Waals surface area contributed by atoms with Crippen LogP contribution in [0.2, 0.25) is 0 Å². The molecule has 1 aromatic carbocycles. The van der Waals surface area contributed by atoms with E-state index < -0.39 is 0 Å². The molecule has 1 aliphatic rings. The molecule has 1 unspecified atom stereocenters. The molecule has 1 heterocycles. The average Bonchev–Trinajstić information content (AvgIpc) is 2.38. The number of hydroxylamine groups is 1. The highest BCUT2D eigenvalue weighted by molar-refractivity contribution is 5.84. The number of piperidine rings is 1. The second kappa shape index (κ2) is 5.98. The Kier molecular flexibility index (Phi) is 4.33. The topological polar surface area (TPSA) is 46.6 Å². The minimum absolute atomic E-state index is 0.390. The Morgan fingerprint density at radius 2 is 2.28 bits per heavy atom. The fourth-order valence-electron chi connectivity index (χ4n) is 2.57. The smallest absolute Gasteiger partial charge is 0.152 e. The fourth-order valence-corrected chi connectivity index (χ4v) is 2.57. The van der Waals surface area contributed by atoms with E-state index in [0.717, 1.165) is 37.3 Å². The molecule has 0 radical (unpaired) electrons. The van der Waals surface area contributed by atoms with E-state index in [1.807, 2.05) is 0 Å². The molecule has 0 aliphatic carbocycles. The first-order valence-corrected chi connectivity index (χ1v) is 6.38. The molecule has 1 fully saturated rings. The van der Waals surface area contributed by atoms with Gasteiger partial charge in [0.1, 0.15) is 0 Å². The lowest BCUT2D eigenvalue weighted by Crippen LogP contribution is -2.37. The van der Waals surface area contributed by atoms with Crippen LogP contribution in [0.3, 0.4) is 0 Å². The summed E-state index contributed by atoms with van der Waals surface area (Å²) in [6.07, 6.45) is 2.98. The summed E-state index contributed by atoms with van der Waals surface area (Å²) in [4.78, 5) is 13.2. The number of benzene rings is 1. The van der Waals surface area contributed by atoms with Gasteiger partial charge in [0.05, 0.1) is 0 Å². The van der Waals surface area contributed by atoms with Crippen LogP contribution in [0.1, 0.15) is 23.2 Å². The van der Waals surface area contributed by atoms with Crippen molar-refractivity contribution in [1.82, 2.24) is 4.90 Å². The number of carbonyl (C=O) groups is 1. The zero-order chi connectivity index (χ0) is 13.0. The number of hydrogen-bond donors (Lipinski definition) is 0. The van der Waals surface area contributed by atoms with Gasteiger partial charge in [-0.15, -0.1) is 0 Å². The average molecular weight is 247 g/mol. The van der Waals surface area contributed by atoms with Gasteiger partial charge in [0.15, 0.2) is 6.29 Å². The van der Waals surface area contributed by atoms with Gasteiger partial charge in [0, 0.05) is 24.3 Å². The maximum absolute atomic E-state index is 12.1. The molecule has 0 aromatic heterocycles. The van der Waals surface area contributed by atoms with E-state index in [1.165, 1.54) is 0 Å². The van der Waals surface area contributed by atoms with Gasteiger partial charge in [-0.3, -0.25) is 4.79 Å². The van der Waals surface area contributed by atoms with Crippen LogP contribution < -0.4 is 5.06 Å². The minimum atomic E-state index is 0.390. The Bertz CT molecular complexity index is 409. The monoisotopic (exact) mass is 247 g/mol. The highest BCUT2D eigenvalue weighted by Gasteiger charge is 2.18. The third-order valence-electron chi connectivity index (χ3n) is 3.48. The van der Waals surface area contributed by atoms with Gasteiger partial charge in [0.2, 0.25) is 0 Å². The number of rotatable bonds is 4. The zero-order valence-corrected chi connectivity index (χ0v) is 10.7. The lowest BCUT2D eigenvalue weighted by molar-refractivity contribution is 0.112. The van der Waals surface area contributed by atoms with Crippen LogP contribution in [0.5, 0.6) is 0 Å². The third-order valence-corrected chi connectivity index (χ3v) is 3.48. The Morgan fingerprint density at radius 1 is 1.50 bits per heavy atom. The van der Waals surface area contributed by atoms with Crippen molar-refractivity contribution < 1.29 is 4.79 Å². The number of aldehydes is 1. The molecule has 0 bridgehead atoms. The Morgan fingerprint density at radius 3 is 3.00 bits per heavy atom. The molecule has 0 N–H and O–H groups in total. The predicted molar refractivity (Wildman–Crippen MR) is 72.8 cm³/mol. The highest BCUT2D eigenvalue weighted by Crippen LogP contribution is 2.22. The van der Waals surface area contributed by atoms with Crippen LogP contribution in [0.15, 0.2) is 24.3 Å². The summed E-state index contributed by atoms with van der Waals surface area (Å²) in [5.41, 5.74) is 0.956. The Hall–Kier alpha value is -1.39. The normalized spacial score (nSPS) is 20.7. The number of para-hydroxylation sites is 1. The summed E-state index contributed by atoms with van der Waals surface area (Å²) in [5.74, 6) is 0.390. The van der Waals surface area contributed by atoms with Gasteiger partial charge in [0.25, 0.3) is 0 Å². The van der Waals surface area contributed by atoms with Gasteiger partial charge in [-0.05, 0) is 44.5 Å². The minimum Gasteiger partial charge on any atom is -0.758 e. The number of nitrogens with zero attached hydrogens (tertiary/aromatic N) is 2. The first kappa shape index (κ1) is 13.1. The van der Waals surface area contributed by atoms with Gasteiger partial charge in [-0.1, -0.05) is 12.1 Å². The van der Waals surface area contributed by atoms with Crippen molar-refractivity contribution in [2.75, 3.05) is 31.7 Å². The van der Waals surface area contributed by atoms with E-state index in [0.29, 0.717) is 23.7 Å². The lowest BCUT2D eigenvalue weighted by atomic mass is 9.98. The van der Waals surface area contributed by atoms with E-state index in [1.54, 1.807) is 24.3 Å². The molecule has 0 amide bonds. The van der Waals surface area contributed by atoms with Crippen LogP contribution >= 0.6 is 0 Å². The first-order valence-electron chi connectivity index (χ1n) is 6.38. The molecule has 1 atom stereocenters. The SMILES string of the molecule is CN1CCCC(CN([O-])c2ccccc2C=O)C1. The summed E-state index contributed by atoms with van der Waals surface area (Å²) in [7, 11) is 2.08. The summed E-state index contributed by atoms with van der Waals surface area (Å²) in [6.45, 7) is 2.54. The van der Waals surface area contributed by atoms with Crippen molar-refractivity contribution in [1.29, 1.82) is 0 Å². The summed E-state index contributed by atoms with van der Waals surface area (Å²) in [6, 6.07) is 6.96. The van der Waals surface area contributed by atoms with E-state index in [-0.39, 0.29) is 0 Å². The maximum atomic E-state index is 12.1. The van der Waals surface area contributed by atoms with Gasteiger partial charge in [-0.25, -0.2) is 0 Å². The van der Waals surface area contributed by atoms with E-state index in [4.69, 9.17) is 0 Å². The highest BCUT2D eigenvalue weighted by atomic mass is 16.5. The molecule has 1 saturated heterocycles. The third kappa shape index (κ3) is 3.09. The van der Waals surface area contributed by atoms with E-state index in [9.17, 15) is 10.0 Å². The number of carbonyl (C=O) groups excluding carboxylic acids is 1. The quantitative estimate of drug-likeness (QED) is 0.604. The van der Waals surface area contributed by atoms with Crippen LogP contribution in [-0.2, 0) is 0 Å². The molecule has 4 nitrogen and oxygen atoms in total. The molecule has 2 rings (SSSR count). The molecule has 18 heavy (non-hydrogen) atoms. The zero-order valence-electron chi connectivity index (χ0n) is 10.7. The van der Waals surface area contributed by atoms with E-state index >= 15 is 0 Å². The lowest BCUT2D eigenvalue weighted by Gasteiger charge is -2.38. The van der Waals surface area contributed by atoms with Crippen molar-refractivity contribution in [3.63, 3.8) is 0 Å². The number of likely N-dealkylation sites (tertiary alicyclic amines) is 1. The molecule has 0 saturated carbocycles. The largest absolute Gasteiger partial charge is 0.758 e. The summed E-state index contributed by atoms with van der Waals surface area (Å²) >= 11 is 0. The molecule has 98 valence electrons. The molecular weight excluding hydrogens is 228 g/mol. The van der Waals surface area contributed by atoms with Crippen LogP contribution in [0.25, 0.3) is 0 Å². The van der Waals surface area contributed by atoms with E-state index in [2.05, 4.69) is 11.9 Å². The Balaban J connectivity index is 2.02. The van der Waals surface area contributed by atoms with Crippen molar-refractivity contribution in [2.24, 2.45) is 5.92 Å². The molecule has 4 heteroatoms. The Labute approximate surface area is 108 Å². The van der Waals surface area contributed by atoms with Gasteiger partial charge in [-0.2, -0.15) is 0 Å². The van der Waals surface area contributed by atoms with Crippen molar-refractivity contribution >= 4 is 12.0 Å². The number of hydrogen-bond acceptors (Lipinski definition) is 4. The fraction of sp³-hybridized carbons (Fsp3) is 0.500. The van der Waals surface area contributed by atoms with Gasteiger partial charge < -0.3 is 15.2 Å². The standard InChI is InChI=1S/C14H19N2O2/c1-15-8-4-5-12(9-15)10-16(18)14-7-3-2-6-13(14)11-17/h2-3,6-7,11-12H,4-5,8-10H2,1H3/q-1. The van der Waals surface area contributed by atoms with Crippen LogP contribution in [0, 0.1) is 11.1 Å². The molecule has 1 aromatic rings. The van der Waals surface area contributed by atoms with Crippen molar-refractivity contribution in [3.8, 4) is 0 Å². The van der Waals surface area contributed by atoms with Crippen LogP contribution in [0.4, 0.5) is 5.69 Å². The number of anilines is 1. The predicted octanol–water partition coefficient (Wildman–Crippen LogP) is 2.15. The molecule has 0 spiro atoms. The van der Waals surface area contributed by atoms with Crippen LogP contribution in [-0.4, -0.2) is 37.9 Å². The van der Waals surface area contributed by atoms with Gasteiger partial charge >= 0.3 is 0 Å². The summed E-state index contributed by atoms with van der Waals surface area (Å²) in [5, 5.41) is 13.1.